The van der Waals surface area contributed by atoms with Crippen molar-refractivity contribution in [3.05, 3.63) is 0 Å². The lowest BCUT2D eigenvalue weighted by Crippen LogP contribution is -2.40. The number of morpholine rings is 1. The lowest BCUT2D eigenvalue weighted by Gasteiger charge is -2.26. The minimum absolute atomic E-state index is 0. The zero-order valence-corrected chi connectivity index (χ0v) is 18.1. The SMILES string of the molecule is CCNC(=NCCCN1CCOCC1)N1CCC(CC(C)C)C1.I. The first kappa shape index (κ1) is 22.0. The maximum atomic E-state index is 5.40. The number of likely N-dealkylation sites (tertiary alicyclic amines) is 1. The Morgan fingerprint density at radius 3 is 2.67 bits per heavy atom. The fourth-order valence-corrected chi connectivity index (χ4v) is 3.61. The molecule has 6 heteroatoms. The molecule has 1 unspecified atom stereocenters. The Hall–Kier alpha value is -0.0800. The third kappa shape index (κ3) is 7.87. The number of aliphatic imine (C=N–C) groups is 1. The average Bonchev–Trinajstić information content (AvgIpc) is 2.99. The lowest BCUT2D eigenvalue weighted by atomic mass is 9.97. The van der Waals surface area contributed by atoms with Crippen LogP contribution in [-0.2, 0) is 4.74 Å². The highest BCUT2D eigenvalue weighted by Gasteiger charge is 2.25. The van der Waals surface area contributed by atoms with Crippen molar-refractivity contribution >= 4 is 29.9 Å². The van der Waals surface area contributed by atoms with Crippen LogP contribution in [0.5, 0.6) is 0 Å². The lowest BCUT2D eigenvalue weighted by molar-refractivity contribution is 0.0377. The number of ether oxygens (including phenoxy) is 1. The van der Waals surface area contributed by atoms with E-state index in [1.54, 1.807) is 0 Å². The van der Waals surface area contributed by atoms with Crippen molar-refractivity contribution in [3.63, 3.8) is 0 Å². The fourth-order valence-electron chi connectivity index (χ4n) is 3.61. The third-order valence-electron chi connectivity index (χ3n) is 4.72. The normalized spacial score (nSPS) is 22.8. The molecule has 0 saturated carbocycles. The van der Waals surface area contributed by atoms with Crippen LogP contribution in [0.3, 0.4) is 0 Å². The fraction of sp³-hybridized carbons (Fsp3) is 0.944. The van der Waals surface area contributed by atoms with Crippen molar-refractivity contribution in [1.29, 1.82) is 0 Å². The van der Waals surface area contributed by atoms with Crippen LogP contribution in [0, 0.1) is 11.8 Å². The van der Waals surface area contributed by atoms with Crippen LogP contribution in [0.1, 0.15) is 40.0 Å². The largest absolute Gasteiger partial charge is 0.379 e. The van der Waals surface area contributed by atoms with Gasteiger partial charge in [0.2, 0.25) is 0 Å². The van der Waals surface area contributed by atoms with Crippen molar-refractivity contribution in [3.8, 4) is 0 Å². The van der Waals surface area contributed by atoms with Crippen LogP contribution in [0.4, 0.5) is 0 Å². The summed E-state index contributed by atoms with van der Waals surface area (Å²) < 4.78 is 5.40. The van der Waals surface area contributed by atoms with Crippen molar-refractivity contribution in [1.82, 2.24) is 15.1 Å². The number of guanidine groups is 1. The van der Waals surface area contributed by atoms with Crippen molar-refractivity contribution in [2.45, 2.75) is 40.0 Å². The maximum Gasteiger partial charge on any atom is 0.193 e. The first-order chi connectivity index (χ1) is 11.2. The third-order valence-corrected chi connectivity index (χ3v) is 4.72. The van der Waals surface area contributed by atoms with Gasteiger partial charge in [0.1, 0.15) is 0 Å². The Labute approximate surface area is 165 Å². The number of halogens is 1. The monoisotopic (exact) mass is 452 g/mol. The second-order valence-electron chi connectivity index (χ2n) is 7.27. The van der Waals surface area contributed by atoms with E-state index in [0.717, 1.165) is 76.7 Å². The molecule has 0 aliphatic carbocycles. The minimum atomic E-state index is 0. The van der Waals surface area contributed by atoms with Crippen LogP contribution < -0.4 is 5.32 Å². The highest BCUT2D eigenvalue weighted by molar-refractivity contribution is 14.0. The first-order valence-corrected chi connectivity index (χ1v) is 9.52. The van der Waals surface area contributed by atoms with Gasteiger partial charge in [-0.15, -0.1) is 24.0 Å². The van der Waals surface area contributed by atoms with Crippen molar-refractivity contribution in [2.24, 2.45) is 16.8 Å². The van der Waals surface area contributed by atoms with E-state index in [-0.39, 0.29) is 24.0 Å². The number of rotatable bonds is 7. The van der Waals surface area contributed by atoms with E-state index >= 15 is 0 Å². The standard InChI is InChI=1S/C18H36N4O.HI/c1-4-19-18(22-9-6-17(15-22)14-16(2)3)20-7-5-8-21-10-12-23-13-11-21;/h16-17H,4-15H2,1-3H3,(H,19,20);1H. The van der Waals surface area contributed by atoms with Crippen molar-refractivity contribution < 1.29 is 4.74 Å². The summed E-state index contributed by atoms with van der Waals surface area (Å²) in [6, 6.07) is 0. The molecule has 2 fully saturated rings. The molecule has 2 aliphatic heterocycles. The smallest absolute Gasteiger partial charge is 0.193 e. The van der Waals surface area contributed by atoms with Gasteiger partial charge in [0.15, 0.2) is 5.96 Å². The molecule has 142 valence electrons. The van der Waals surface area contributed by atoms with Gasteiger partial charge in [0.05, 0.1) is 13.2 Å². The summed E-state index contributed by atoms with van der Waals surface area (Å²) in [4.78, 5) is 9.82. The molecule has 2 saturated heterocycles. The van der Waals surface area contributed by atoms with Crippen molar-refractivity contribution in [2.75, 3.05) is 59.0 Å². The predicted molar refractivity (Wildman–Crippen MR) is 112 cm³/mol. The van der Waals surface area contributed by atoms with Gasteiger partial charge in [-0.2, -0.15) is 0 Å². The molecule has 5 nitrogen and oxygen atoms in total. The Bertz CT molecular complexity index is 359. The summed E-state index contributed by atoms with van der Waals surface area (Å²) in [7, 11) is 0. The zero-order chi connectivity index (χ0) is 16.5. The van der Waals surface area contributed by atoms with E-state index in [9.17, 15) is 0 Å². The molecule has 2 heterocycles. The number of hydrogen-bond donors (Lipinski definition) is 1. The summed E-state index contributed by atoms with van der Waals surface area (Å²) in [5.74, 6) is 2.76. The number of nitrogens with zero attached hydrogens (tertiary/aromatic N) is 3. The topological polar surface area (TPSA) is 40.1 Å². The molecular formula is C18H37IN4O. The average molecular weight is 452 g/mol. The highest BCUT2D eigenvalue weighted by Crippen LogP contribution is 2.23. The van der Waals surface area contributed by atoms with Gasteiger partial charge in [0, 0.05) is 45.8 Å². The predicted octanol–water partition coefficient (Wildman–Crippen LogP) is 2.66. The molecule has 0 amide bonds. The minimum Gasteiger partial charge on any atom is -0.379 e. The summed E-state index contributed by atoms with van der Waals surface area (Å²) >= 11 is 0. The molecule has 0 bridgehead atoms. The van der Waals surface area contributed by atoms with Crippen LogP contribution in [-0.4, -0.2) is 74.8 Å². The van der Waals surface area contributed by atoms with Crippen LogP contribution in [0.15, 0.2) is 4.99 Å². The Kier molecular flexibility index (Phi) is 11.3. The van der Waals surface area contributed by atoms with E-state index in [4.69, 9.17) is 9.73 Å². The maximum absolute atomic E-state index is 5.40. The first-order valence-electron chi connectivity index (χ1n) is 9.52. The van der Waals surface area contributed by atoms with Gasteiger partial charge in [-0.3, -0.25) is 9.89 Å². The van der Waals surface area contributed by atoms with E-state index in [1.807, 2.05) is 0 Å². The second-order valence-corrected chi connectivity index (χ2v) is 7.27. The number of nitrogens with one attached hydrogen (secondary N) is 1. The molecule has 0 aromatic carbocycles. The van der Waals surface area contributed by atoms with E-state index in [0.29, 0.717) is 0 Å². The van der Waals surface area contributed by atoms with Gasteiger partial charge in [-0.25, -0.2) is 0 Å². The molecule has 0 radical (unpaired) electrons. The molecule has 1 atom stereocenters. The summed E-state index contributed by atoms with van der Waals surface area (Å²) in [6.07, 6.45) is 3.79. The molecule has 0 aromatic heterocycles. The van der Waals surface area contributed by atoms with E-state index in [1.165, 1.54) is 19.4 Å². The van der Waals surface area contributed by atoms with Gasteiger partial charge < -0.3 is 15.0 Å². The molecule has 0 spiro atoms. The molecule has 2 rings (SSSR count). The van der Waals surface area contributed by atoms with Gasteiger partial charge in [0.25, 0.3) is 0 Å². The van der Waals surface area contributed by atoms with Gasteiger partial charge in [-0.05, 0) is 38.0 Å². The van der Waals surface area contributed by atoms with Crippen LogP contribution in [0.2, 0.25) is 0 Å². The Balaban J connectivity index is 0.00000288. The zero-order valence-electron chi connectivity index (χ0n) is 15.8. The second kappa shape index (κ2) is 12.3. The summed E-state index contributed by atoms with van der Waals surface area (Å²) in [6.45, 7) is 16.1. The van der Waals surface area contributed by atoms with E-state index < -0.39 is 0 Å². The quantitative estimate of drug-likeness (QED) is 0.279. The highest BCUT2D eigenvalue weighted by atomic mass is 127. The molecule has 1 N–H and O–H groups in total. The Morgan fingerprint density at radius 2 is 2.00 bits per heavy atom. The number of hydrogen-bond acceptors (Lipinski definition) is 3. The van der Waals surface area contributed by atoms with Crippen LogP contribution >= 0.6 is 24.0 Å². The summed E-state index contributed by atoms with van der Waals surface area (Å²) in [5, 5.41) is 3.48. The van der Waals surface area contributed by atoms with Gasteiger partial charge in [-0.1, -0.05) is 13.8 Å². The summed E-state index contributed by atoms with van der Waals surface area (Å²) in [5.41, 5.74) is 0. The van der Waals surface area contributed by atoms with Gasteiger partial charge >= 0.3 is 0 Å². The molecule has 2 aliphatic rings. The molecule has 24 heavy (non-hydrogen) atoms. The Morgan fingerprint density at radius 1 is 1.25 bits per heavy atom. The molecule has 0 aromatic rings. The molecular weight excluding hydrogens is 415 g/mol. The van der Waals surface area contributed by atoms with Crippen LogP contribution in [0.25, 0.3) is 0 Å². The van der Waals surface area contributed by atoms with E-state index in [2.05, 4.69) is 35.9 Å².